The summed E-state index contributed by atoms with van der Waals surface area (Å²) in [6.45, 7) is -0.373. The molecule has 1 N–H and O–H groups in total. The Hall–Kier alpha value is -1.22. The lowest BCUT2D eigenvalue weighted by atomic mass is 10.1. The second kappa shape index (κ2) is 4.14. The van der Waals surface area contributed by atoms with Crippen LogP contribution in [-0.2, 0) is 5.92 Å². The second-order valence-electron chi connectivity index (χ2n) is 2.57. The highest BCUT2D eigenvalue weighted by molar-refractivity contribution is 5.24. The molecule has 1 aromatic carbocycles. The van der Waals surface area contributed by atoms with Crippen LogP contribution in [0, 0.1) is 0 Å². The molecule has 1 aromatic rings. The average molecular weight is 184 g/mol. The SMILES string of the molecule is OC/C=C/C(F)(F)c1ccccc1. The Morgan fingerprint density at radius 2 is 1.85 bits per heavy atom. The third-order valence-electron chi connectivity index (χ3n) is 1.59. The normalized spacial score (nSPS) is 12.2. The van der Waals surface area contributed by atoms with Gasteiger partial charge in [0, 0.05) is 5.56 Å². The van der Waals surface area contributed by atoms with Crippen molar-refractivity contribution in [2.24, 2.45) is 0 Å². The fourth-order valence-corrected chi connectivity index (χ4v) is 0.957. The number of aliphatic hydroxyl groups is 1. The minimum absolute atomic E-state index is 0.0697. The van der Waals surface area contributed by atoms with E-state index in [1.807, 2.05) is 0 Å². The van der Waals surface area contributed by atoms with Gasteiger partial charge in [-0.1, -0.05) is 36.4 Å². The molecular weight excluding hydrogens is 174 g/mol. The summed E-state index contributed by atoms with van der Waals surface area (Å²) in [6, 6.07) is 7.48. The van der Waals surface area contributed by atoms with Gasteiger partial charge in [0.15, 0.2) is 0 Å². The van der Waals surface area contributed by atoms with Gasteiger partial charge < -0.3 is 5.11 Å². The quantitative estimate of drug-likeness (QED) is 0.715. The summed E-state index contributed by atoms with van der Waals surface area (Å²) < 4.78 is 26.3. The molecule has 1 nitrogen and oxygen atoms in total. The van der Waals surface area contributed by atoms with Crippen molar-refractivity contribution in [3.05, 3.63) is 48.0 Å². The van der Waals surface area contributed by atoms with Gasteiger partial charge in [-0.05, 0) is 6.08 Å². The molecule has 0 spiro atoms. The minimum atomic E-state index is -3.00. The first-order chi connectivity index (χ1) is 6.17. The van der Waals surface area contributed by atoms with Crippen molar-refractivity contribution >= 4 is 0 Å². The first-order valence-electron chi connectivity index (χ1n) is 3.89. The summed E-state index contributed by atoms with van der Waals surface area (Å²) in [5, 5.41) is 8.36. The van der Waals surface area contributed by atoms with E-state index in [1.54, 1.807) is 18.2 Å². The number of benzene rings is 1. The van der Waals surface area contributed by atoms with Crippen LogP contribution < -0.4 is 0 Å². The summed E-state index contributed by atoms with van der Waals surface area (Å²) in [7, 11) is 0. The highest BCUT2D eigenvalue weighted by atomic mass is 19.3. The third-order valence-corrected chi connectivity index (χ3v) is 1.59. The Bertz CT molecular complexity index is 280. The van der Waals surface area contributed by atoms with Crippen LogP contribution in [0.25, 0.3) is 0 Å². The maximum absolute atomic E-state index is 13.1. The average Bonchev–Trinajstić information content (AvgIpc) is 2.16. The first-order valence-corrected chi connectivity index (χ1v) is 3.89. The van der Waals surface area contributed by atoms with E-state index in [2.05, 4.69) is 0 Å². The van der Waals surface area contributed by atoms with Crippen LogP contribution in [0.1, 0.15) is 5.56 Å². The Morgan fingerprint density at radius 3 is 2.38 bits per heavy atom. The number of hydrogen-bond acceptors (Lipinski definition) is 1. The van der Waals surface area contributed by atoms with Gasteiger partial charge in [-0.15, -0.1) is 0 Å². The van der Waals surface area contributed by atoms with Gasteiger partial charge in [-0.3, -0.25) is 0 Å². The number of hydrogen-bond donors (Lipinski definition) is 1. The molecule has 1 rings (SSSR count). The van der Waals surface area contributed by atoms with Crippen molar-refractivity contribution in [1.29, 1.82) is 0 Å². The third kappa shape index (κ3) is 2.63. The molecule has 70 valence electrons. The van der Waals surface area contributed by atoms with E-state index in [0.717, 1.165) is 6.08 Å². The second-order valence-corrected chi connectivity index (χ2v) is 2.57. The number of allylic oxidation sites excluding steroid dienone is 1. The summed E-state index contributed by atoms with van der Waals surface area (Å²) in [5.74, 6) is -3.00. The molecule has 0 aliphatic heterocycles. The lowest BCUT2D eigenvalue weighted by Gasteiger charge is -2.11. The van der Waals surface area contributed by atoms with E-state index >= 15 is 0 Å². The van der Waals surface area contributed by atoms with Crippen molar-refractivity contribution in [3.8, 4) is 0 Å². The zero-order chi connectivity index (χ0) is 9.73. The van der Waals surface area contributed by atoms with Crippen molar-refractivity contribution in [3.63, 3.8) is 0 Å². The molecule has 0 atom stereocenters. The summed E-state index contributed by atoms with van der Waals surface area (Å²) >= 11 is 0. The van der Waals surface area contributed by atoms with E-state index in [-0.39, 0.29) is 12.2 Å². The predicted octanol–water partition coefficient (Wildman–Crippen LogP) is 2.33. The first kappa shape index (κ1) is 9.86. The van der Waals surface area contributed by atoms with Gasteiger partial charge in [0.05, 0.1) is 6.61 Å². The summed E-state index contributed by atoms with van der Waals surface area (Å²) in [5.41, 5.74) is -0.0697. The van der Waals surface area contributed by atoms with Crippen LogP contribution in [0.5, 0.6) is 0 Å². The topological polar surface area (TPSA) is 20.2 Å². The molecule has 0 aliphatic rings. The smallest absolute Gasteiger partial charge is 0.291 e. The molecule has 0 radical (unpaired) electrons. The number of rotatable bonds is 3. The van der Waals surface area contributed by atoms with Crippen molar-refractivity contribution < 1.29 is 13.9 Å². The Morgan fingerprint density at radius 1 is 1.23 bits per heavy atom. The molecule has 0 bridgehead atoms. The van der Waals surface area contributed by atoms with Gasteiger partial charge in [0.25, 0.3) is 5.92 Å². The lowest BCUT2D eigenvalue weighted by molar-refractivity contribution is 0.0514. The standard InChI is InChI=1S/C10H10F2O/c11-10(12,7-4-8-13)9-5-2-1-3-6-9/h1-7,13H,8H2/b7-4+. The van der Waals surface area contributed by atoms with Gasteiger partial charge >= 0.3 is 0 Å². The number of aliphatic hydroxyl groups excluding tert-OH is 1. The molecular formula is C10H10F2O. The molecule has 0 saturated heterocycles. The lowest BCUT2D eigenvalue weighted by Crippen LogP contribution is -2.09. The van der Waals surface area contributed by atoms with Crippen LogP contribution in [0.4, 0.5) is 8.78 Å². The van der Waals surface area contributed by atoms with E-state index in [9.17, 15) is 8.78 Å². The van der Waals surface area contributed by atoms with Gasteiger partial charge in [0.1, 0.15) is 0 Å². The fourth-order valence-electron chi connectivity index (χ4n) is 0.957. The number of alkyl halides is 2. The molecule has 13 heavy (non-hydrogen) atoms. The molecule has 0 fully saturated rings. The van der Waals surface area contributed by atoms with Gasteiger partial charge in [0.2, 0.25) is 0 Å². The predicted molar refractivity (Wildman–Crippen MR) is 46.6 cm³/mol. The van der Waals surface area contributed by atoms with Gasteiger partial charge in [-0.25, -0.2) is 0 Å². The molecule has 0 saturated carbocycles. The van der Waals surface area contributed by atoms with Crippen LogP contribution in [0.15, 0.2) is 42.5 Å². The van der Waals surface area contributed by atoms with Crippen molar-refractivity contribution in [2.75, 3.05) is 6.61 Å². The highest BCUT2D eigenvalue weighted by Gasteiger charge is 2.26. The summed E-state index contributed by atoms with van der Waals surface area (Å²) in [6.07, 6.45) is 1.73. The van der Waals surface area contributed by atoms with E-state index in [1.165, 1.54) is 12.1 Å². The van der Waals surface area contributed by atoms with Crippen LogP contribution >= 0.6 is 0 Å². The molecule has 0 unspecified atom stereocenters. The maximum atomic E-state index is 13.1. The Labute approximate surface area is 75.3 Å². The van der Waals surface area contributed by atoms with Crippen LogP contribution in [0.3, 0.4) is 0 Å². The van der Waals surface area contributed by atoms with Crippen LogP contribution in [0.2, 0.25) is 0 Å². The van der Waals surface area contributed by atoms with Gasteiger partial charge in [-0.2, -0.15) is 8.78 Å². The Kier molecular flexibility index (Phi) is 3.14. The fraction of sp³-hybridized carbons (Fsp3) is 0.200. The largest absolute Gasteiger partial charge is 0.392 e. The van der Waals surface area contributed by atoms with E-state index in [0.29, 0.717) is 6.08 Å². The zero-order valence-corrected chi connectivity index (χ0v) is 6.95. The number of halogens is 2. The molecule has 0 amide bonds. The molecule has 0 aliphatic carbocycles. The monoisotopic (exact) mass is 184 g/mol. The Balaban J connectivity index is 2.87. The summed E-state index contributed by atoms with van der Waals surface area (Å²) in [4.78, 5) is 0. The van der Waals surface area contributed by atoms with E-state index < -0.39 is 5.92 Å². The van der Waals surface area contributed by atoms with Crippen molar-refractivity contribution in [1.82, 2.24) is 0 Å². The molecule has 0 aromatic heterocycles. The zero-order valence-electron chi connectivity index (χ0n) is 6.95. The van der Waals surface area contributed by atoms with E-state index in [4.69, 9.17) is 5.11 Å². The van der Waals surface area contributed by atoms with Crippen LogP contribution in [-0.4, -0.2) is 11.7 Å². The van der Waals surface area contributed by atoms with Crippen molar-refractivity contribution in [2.45, 2.75) is 5.92 Å². The molecule has 3 heteroatoms. The highest BCUT2D eigenvalue weighted by Crippen LogP contribution is 2.28. The molecule has 0 heterocycles. The maximum Gasteiger partial charge on any atom is 0.291 e. The minimum Gasteiger partial charge on any atom is -0.392 e.